The average molecular weight is 301 g/mol. The van der Waals surface area contributed by atoms with Crippen molar-refractivity contribution in [3.63, 3.8) is 0 Å². The van der Waals surface area contributed by atoms with Crippen molar-refractivity contribution < 1.29 is 0 Å². The SMILES string of the molecule is CC[C@H]1CCC2C3CCC4=CCC(C)C[C@]4(C)C3CC[C@@]21C. The van der Waals surface area contributed by atoms with Crippen LogP contribution in [0.4, 0.5) is 0 Å². The fourth-order valence-corrected chi connectivity index (χ4v) is 7.87. The minimum Gasteiger partial charge on any atom is -0.0845 e. The van der Waals surface area contributed by atoms with Crippen LogP contribution in [0.25, 0.3) is 0 Å². The maximum atomic E-state index is 2.67. The molecule has 124 valence electrons. The molecule has 0 aromatic rings. The molecule has 0 radical (unpaired) electrons. The third kappa shape index (κ3) is 1.94. The van der Waals surface area contributed by atoms with Gasteiger partial charge >= 0.3 is 0 Å². The van der Waals surface area contributed by atoms with E-state index >= 15 is 0 Å². The Bertz CT molecular complexity index is 474. The van der Waals surface area contributed by atoms with E-state index in [-0.39, 0.29) is 0 Å². The Hall–Kier alpha value is -0.260. The van der Waals surface area contributed by atoms with E-state index in [4.69, 9.17) is 0 Å². The van der Waals surface area contributed by atoms with Crippen LogP contribution >= 0.6 is 0 Å². The van der Waals surface area contributed by atoms with Crippen LogP contribution in [0, 0.1) is 40.4 Å². The van der Waals surface area contributed by atoms with Crippen LogP contribution < -0.4 is 0 Å². The van der Waals surface area contributed by atoms with E-state index in [1.165, 1.54) is 51.4 Å². The molecule has 4 aliphatic rings. The molecule has 0 nitrogen and oxygen atoms in total. The Kier molecular flexibility index (Phi) is 3.55. The molecule has 0 aliphatic heterocycles. The topological polar surface area (TPSA) is 0 Å². The maximum Gasteiger partial charge on any atom is -0.00828 e. The molecule has 0 amide bonds. The molecule has 0 aromatic carbocycles. The largest absolute Gasteiger partial charge is 0.0845 e. The zero-order chi connectivity index (χ0) is 15.5. The first-order chi connectivity index (χ1) is 10.5. The summed E-state index contributed by atoms with van der Waals surface area (Å²) in [5, 5.41) is 0. The van der Waals surface area contributed by atoms with Gasteiger partial charge in [0.15, 0.2) is 0 Å². The molecule has 4 unspecified atom stereocenters. The Morgan fingerprint density at radius 2 is 1.91 bits per heavy atom. The molecule has 22 heavy (non-hydrogen) atoms. The number of hydrogen-bond acceptors (Lipinski definition) is 0. The first-order valence-corrected chi connectivity index (χ1v) is 10.2. The van der Waals surface area contributed by atoms with Crippen LogP contribution in [0.15, 0.2) is 11.6 Å². The highest BCUT2D eigenvalue weighted by Gasteiger charge is 2.58. The van der Waals surface area contributed by atoms with Crippen LogP contribution in [-0.2, 0) is 0 Å². The van der Waals surface area contributed by atoms with E-state index in [1.54, 1.807) is 6.42 Å². The lowest BCUT2D eigenvalue weighted by Gasteiger charge is -2.59. The van der Waals surface area contributed by atoms with Gasteiger partial charge in [-0.1, -0.05) is 45.8 Å². The minimum atomic E-state index is 0.562. The van der Waals surface area contributed by atoms with Crippen molar-refractivity contribution in [1.82, 2.24) is 0 Å². The van der Waals surface area contributed by atoms with E-state index < -0.39 is 0 Å². The first kappa shape index (κ1) is 15.3. The third-order valence-corrected chi connectivity index (χ3v) is 8.96. The average Bonchev–Trinajstić information content (AvgIpc) is 2.82. The molecule has 4 rings (SSSR count). The van der Waals surface area contributed by atoms with Crippen molar-refractivity contribution in [2.75, 3.05) is 0 Å². The lowest BCUT2D eigenvalue weighted by molar-refractivity contribution is -0.0554. The van der Waals surface area contributed by atoms with Crippen LogP contribution in [0.3, 0.4) is 0 Å². The Morgan fingerprint density at radius 1 is 1.09 bits per heavy atom. The highest BCUT2D eigenvalue weighted by molar-refractivity contribution is 5.24. The predicted molar refractivity (Wildman–Crippen MR) is 94.6 cm³/mol. The summed E-state index contributed by atoms with van der Waals surface area (Å²) in [4.78, 5) is 0. The van der Waals surface area contributed by atoms with Crippen molar-refractivity contribution in [3.05, 3.63) is 11.6 Å². The summed E-state index contributed by atoms with van der Waals surface area (Å²) in [6.07, 6.45) is 15.9. The van der Waals surface area contributed by atoms with Crippen molar-refractivity contribution >= 4 is 0 Å². The highest BCUT2D eigenvalue weighted by Crippen LogP contribution is 2.67. The summed E-state index contributed by atoms with van der Waals surface area (Å²) in [5.41, 5.74) is 3.11. The molecule has 0 saturated heterocycles. The quantitative estimate of drug-likeness (QED) is 0.478. The summed E-state index contributed by atoms with van der Waals surface area (Å²) in [6, 6.07) is 0. The van der Waals surface area contributed by atoms with Gasteiger partial charge in [-0.3, -0.25) is 0 Å². The number of allylic oxidation sites excluding steroid dienone is 2. The van der Waals surface area contributed by atoms with Crippen LogP contribution in [0.2, 0.25) is 0 Å². The monoisotopic (exact) mass is 300 g/mol. The van der Waals surface area contributed by atoms with Crippen molar-refractivity contribution in [3.8, 4) is 0 Å². The fourth-order valence-electron chi connectivity index (χ4n) is 7.87. The second kappa shape index (κ2) is 5.12. The van der Waals surface area contributed by atoms with Crippen molar-refractivity contribution in [1.29, 1.82) is 0 Å². The zero-order valence-electron chi connectivity index (χ0n) is 15.3. The Balaban J connectivity index is 1.66. The number of hydrogen-bond donors (Lipinski definition) is 0. The van der Waals surface area contributed by atoms with Gasteiger partial charge in [-0.05, 0) is 91.8 Å². The van der Waals surface area contributed by atoms with Gasteiger partial charge in [-0.2, -0.15) is 0 Å². The van der Waals surface area contributed by atoms with Crippen LogP contribution in [0.1, 0.15) is 85.5 Å². The summed E-state index contributed by atoms with van der Waals surface area (Å²) in [5.74, 6) is 5.03. The summed E-state index contributed by atoms with van der Waals surface area (Å²) >= 11 is 0. The first-order valence-electron chi connectivity index (χ1n) is 10.2. The summed E-state index contributed by atoms with van der Waals surface area (Å²) < 4.78 is 0. The summed E-state index contributed by atoms with van der Waals surface area (Å²) in [6.45, 7) is 10.3. The molecular formula is C22H36. The van der Waals surface area contributed by atoms with Gasteiger partial charge in [0.25, 0.3) is 0 Å². The van der Waals surface area contributed by atoms with Gasteiger partial charge in [-0.25, -0.2) is 0 Å². The van der Waals surface area contributed by atoms with Gasteiger partial charge in [-0.15, -0.1) is 0 Å². The maximum absolute atomic E-state index is 2.67. The normalized spacial score (nSPS) is 54.2. The molecule has 0 N–H and O–H groups in total. The highest BCUT2D eigenvalue weighted by atomic mass is 14.6. The zero-order valence-corrected chi connectivity index (χ0v) is 15.3. The van der Waals surface area contributed by atoms with Gasteiger partial charge in [0, 0.05) is 0 Å². The molecule has 0 aromatic heterocycles. The van der Waals surface area contributed by atoms with Crippen LogP contribution in [0.5, 0.6) is 0 Å². The van der Waals surface area contributed by atoms with Crippen molar-refractivity contribution in [2.24, 2.45) is 40.4 Å². The number of fused-ring (bicyclic) bond motifs is 5. The molecule has 7 atom stereocenters. The standard InChI is InChI=1S/C22H36/c1-5-16-9-11-19-18-10-8-17-7-6-15(2)14-22(17,4)20(18)12-13-21(16,19)3/h7,15-16,18-20H,5-6,8-14H2,1-4H3/t15?,16-,18?,19?,20?,21+,22-/m0/s1. The van der Waals surface area contributed by atoms with Crippen molar-refractivity contribution in [2.45, 2.75) is 85.5 Å². The van der Waals surface area contributed by atoms with E-state index in [2.05, 4.69) is 33.8 Å². The summed E-state index contributed by atoms with van der Waals surface area (Å²) in [7, 11) is 0. The van der Waals surface area contributed by atoms with E-state index in [0.717, 1.165) is 29.6 Å². The lowest BCUT2D eigenvalue weighted by atomic mass is 9.46. The molecular weight excluding hydrogens is 264 g/mol. The predicted octanol–water partition coefficient (Wildman–Crippen LogP) is 6.61. The van der Waals surface area contributed by atoms with E-state index in [1.807, 2.05) is 5.57 Å². The Morgan fingerprint density at radius 3 is 2.68 bits per heavy atom. The second-order valence-corrected chi connectivity index (χ2v) is 9.83. The molecule has 0 heteroatoms. The van der Waals surface area contributed by atoms with Gasteiger partial charge in [0.1, 0.15) is 0 Å². The van der Waals surface area contributed by atoms with Crippen LogP contribution in [-0.4, -0.2) is 0 Å². The molecule has 0 heterocycles. The fraction of sp³-hybridized carbons (Fsp3) is 0.909. The third-order valence-electron chi connectivity index (χ3n) is 8.96. The Labute approximate surface area is 138 Å². The molecule has 3 saturated carbocycles. The lowest BCUT2D eigenvalue weighted by Crippen LogP contribution is -2.50. The van der Waals surface area contributed by atoms with Gasteiger partial charge < -0.3 is 0 Å². The minimum absolute atomic E-state index is 0.562. The molecule has 3 fully saturated rings. The molecule has 0 bridgehead atoms. The second-order valence-electron chi connectivity index (χ2n) is 9.83. The smallest absolute Gasteiger partial charge is 0.00828 e. The van der Waals surface area contributed by atoms with Gasteiger partial charge in [0.05, 0.1) is 0 Å². The van der Waals surface area contributed by atoms with E-state index in [0.29, 0.717) is 10.8 Å². The molecule has 0 spiro atoms. The molecule has 4 aliphatic carbocycles. The number of rotatable bonds is 1. The van der Waals surface area contributed by atoms with Gasteiger partial charge in [0.2, 0.25) is 0 Å². The van der Waals surface area contributed by atoms with E-state index in [9.17, 15) is 0 Å².